The van der Waals surface area contributed by atoms with Crippen molar-refractivity contribution in [3.63, 3.8) is 0 Å². The zero-order valence-corrected chi connectivity index (χ0v) is 16.6. The molecule has 2 saturated carbocycles. The number of benzene rings is 1. The van der Waals surface area contributed by atoms with Crippen molar-refractivity contribution in [3.05, 3.63) is 29.3 Å². The highest BCUT2D eigenvalue weighted by Crippen LogP contribution is 2.37. The Hall–Kier alpha value is -1.95. The Morgan fingerprint density at radius 3 is 2.48 bits per heavy atom. The molecule has 27 heavy (non-hydrogen) atoms. The number of carbonyl (C=O) groups excluding carboxylic acids is 2. The van der Waals surface area contributed by atoms with Gasteiger partial charge in [-0.3, -0.25) is 9.59 Å². The minimum atomic E-state index is -0.00534. The van der Waals surface area contributed by atoms with Gasteiger partial charge >= 0.3 is 0 Å². The van der Waals surface area contributed by atoms with E-state index in [0.29, 0.717) is 5.92 Å². The topological polar surface area (TPSA) is 71.1 Å². The number of fused-ring (bicyclic) bond motifs is 1. The summed E-state index contributed by atoms with van der Waals surface area (Å²) in [6.07, 6.45) is 6.77. The largest absolute Gasteiger partial charge is 0.354 e. The third kappa shape index (κ3) is 4.32. The average molecular weight is 386 g/mol. The molecule has 0 spiro atoms. The number of hydrogen-bond acceptors (Lipinski definition) is 4. The number of carbonyl (C=O) groups is 2. The summed E-state index contributed by atoms with van der Waals surface area (Å²) in [4.78, 5) is 28.6. The Balaban J connectivity index is 1.27. The van der Waals surface area contributed by atoms with Gasteiger partial charge in [0, 0.05) is 30.8 Å². The number of rotatable bonds is 4. The molecule has 4 rings (SSSR count). The van der Waals surface area contributed by atoms with Crippen LogP contribution in [-0.4, -0.2) is 28.9 Å². The fraction of sp³-hybridized carbons (Fsp3) is 0.571. The quantitative estimate of drug-likeness (QED) is 0.842. The lowest BCUT2D eigenvalue weighted by Crippen LogP contribution is -2.40. The van der Waals surface area contributed by atoms with Gasteiger partial charge in [-0.2, -0.15) is 0 Å². The van der Waals surface area contributed by atoms with Crippen LogP contribution < -0.4 is 10.6 Å². The van der Waals surface area contributed by atoms with Crippen molar-refractivity contribution in [1.82, 2.24) is 15.6 Å². The fourth-order valence-corrected chi connectivity index (χ4v) is 5.64. The molecule has 1 heterocycles. The van der Waals surface area contributed by atoms with Crippen LogP contribution in [0.3, 0.4) is 0 Å². The van der Waals surface area contributed by atoms with Crippen LogP contribution >= 0.6 is 11.3 Å². The molecule has 0 radical (unpaired) electrons. The first-order valence-corrected chi connectivity index (χ1v) is 10.8. The number of para-hydroxylation sites is 1. The molecule has 2 aromatic rings. The monoisotopic (exact) mass is 385 g/mol. The molecule has 1 aromatic carbocycles. The van der Waals surface area contributed by atoms with E-state index in [4.69, 9.17) is 4.98 Å². The molecule has 2 aliphatic rings. The Morgan fingerprint density at radius 1 is 1.00 bits per heavy atom. The average Bonchev–Trinajstić information content (AvgIpc) is 3.28. The second kappa shape index (κ2) is 7.97. The molecular weight excluding hydrogens is 358 g/mol. The number of thiazole rings is 1. The summed E-state index contributed by atoms with van der Waals surface area (Å²) < 4.78 is 1.26. The van der Waals surface area contributed by atoms with Gasteiger partial charge in [-0.15, -0.1) is 11.3 Å². The van der Waals surface area contributed by atoms with E-state index in [2.05, 4.69) is 28.8 Å². The maximum atomic E-state index is 12.6. The van der Waals surface area contributed by atoms with E-state index in [9.17, 15) is 9.59 Å². The van der Waals surface area contributed by atoms with Crippen LogP contribution in [0.5, 0.6) is 0 Å². The van der Waals surface area contributed by atoms with E-state index >= 15 is 0 Å². The van der Waals surface area contributed by atoms with Crippen LogP contribution in [0.2, 0.25) is 0 Å². The lowest BCUT2D eigenvalue weighted by Gasteiger charge is -2.29. The zero-order chi connectivity index (χ0) is 18.8. The highest BCUT2D eigenvalue weighted by Gasteiger charge is 2.32. The van der Waals surface area contributed by atoms with E-state index < -0.39 is 0 Å². The molecule has 2 atom stereocenters. The zero-order valence-electron chi connectivity index (χ0n) is 15.7. The van der Waals surface area contributed by atoms with Crippen molar-refractivity contribution in [2.24, 2.45) is 5.92 Å². The van der Waals surface area contributed by atoms with Crippen molar-refractivity contribution in [2.75, 3.05) is 0 Å². The summed E-state index contributed by atoms with van der Waals surface area (Å²) in [7, 11) is 0. The first-order valence-electron chi connectivity index (χ1n) is 10.0. The maximum absolute atomic E-state index is 12.6. The minimum Gasteiger partial charge on any atom is -0.354 e. The molecular formula is C21H27N3O2S. The molecule has 6 heteroatoms. The molecule has 2 fully saturated rings. The van der Waals surface area contributed by atoms with Gasteiger partial charge in [0.05, 0.1) is 15.2 Å². The summed E-state index contributed by atoms with van der Waals surface area (Å²) in [5.41, 5.74) is 1.10. The molecule has 2 aliphatic carbocycles. The van der Waals surface area contributed by atoms with Crippen molar-refractivity contribution < 1.29 is 9.59 Å². The predicted molar refractivity (Wildman–Crippen MR) is 108 cm³/mol. The third-order valence-corrected chi connectivity index (χ3v) is 7.14. The van der Waals surface area contributed by atoms with Gasteiger partial charge in [-0.1, -0.05) is 12.1 Å². The Bertz CT molecular complexity index is 793. The van der Waals surface area contributed by atoms with Crippen molar-refractivity contribution in [2.45, 2.75) is 69.9 Å². The lowest BCUT2D eigenvalue weighted by atomic mass is 9.86. The molecule has 0 aliphatic heterocycles. The van der Waals surface area contributed by atoms with Gasteiger partial charge in [0.15, 0.2) is 0 Å². The van der Waals surface area contributed by atoms with E-state index in [1.165, 1.54) is 16.6 Å². The number of amides is 2. The number of nitrogens with one attached hydrogen (secondary N) is 2. The second-order valence-corrected chi connectivity index (χ2v) is 9.05. The Morgan fingerprint density at radius 2 is 1.74 bits per heavy atom. The fourth-order valence-electron chi connectivity index (χ4n) is 4.51. The van der Waals surface area contributed by atoms with Gasteiger partial charge < -0.3 is 10.6 Å². The maximum Gasteiger partial charge on any atom is 0.223 e. The van der Waals surface area contributed by atoms with Crippen LogP contribution in [-0.2, 0) is 9.59 Å². The summed E-state index contributed by atoms with van der Waals surface area (Å²) in [6, 6.07) is 8.76. The van der Waals surface area contributed by atoms with Crippen molar-refractivity contribution in [1.29, 1.82) is 0 Å². The highest BCUT2D eigenvalue weighted by molar-refractivity contribution is 7.18. The van der Waals surface area contributed by atoms with Crippen molar-refractivity contribution >= 4 is 33.4 Å². The van der Waals surface area contributed by atoms with Crippen LogP contribution in [0.1, 0.15) is 62.8 Å². The molecule has 0 bridgehead atoms. The van der Waals surface area contributed by atoms with Crippen LogP contribution in [0.4, 0.5) is 0 Å². The predicted octanol–water partition coefficient (Wildman–Crippen LogP) is 3.74. The van der Waals surface area contributed by atoms with Crippen molar-refractivity contribution in [3.8, 4) is 0 Å². The Labute approximate surface area is 163 Å². The first kappa shape index (κ1) is 18.4. The standard InChI is InChI=1S/C21H27N3O2S/c1-13(25)22-17-11-8-15(12-17)20(26)23-16-9-6-14(7-10-16)21-24-18-4-2-3-5-19(18)27-21/h2-5,14-17H,6-12H2,1H3,(H,22,25)(H,23,26). The molecule has 2 amide bonds. The summed E-state index contributed by atoms with van der Waals surface area (Å²) in [5, 5.41) is 7.45. The smallest absolute Gasteiger partial charge is 0.223 e. The SMILES string of the molecule is CC(=O)NC1CCC(C(=O)NC2CCC(c3nc4ccccc4s3)CC2)C1. The molecule has 2 N–H and O–H groups in total. The van der Waals surface area contributed by atoms with Gasteiger partial charge in [0.2, 0.25) is 11.8 Å². The van der Waals surface area contributed by atoms with E-state index in [1.54, 1.807) is 0 Å². The first-order chi connectivity index (χ1) is 13.1. The molecule has 2 unspecified atom stereocenters. The second-order valence-electron chi connectivity index (χ2n) is 7.98. The van der Waals surface area contributed by atoms with Gasteiger partial charge in [0.1, 0.15) is 0 Å². The van der Waals surface area contributed by atoms with E-state index in [-0.39, 0.29) is 29.8 Å². The normalized spacial score (nSPS) is 28.2. The van der Waals surface area contributed by atoms with Crippen LogP contribution in [0.25, 0.3) is 10.2 Å². The van der Waals surface area contributed by atoms with Gasteiger partial charge in [-0.25, -0.2) is 4.98 Å². The highest BCUT2D eigenvalue weighted by atomic mass is 32.1. The van der Waals surface area contributed by atoms with E-state index in [0.717, 1.165) is 50.5 Å². The Kier molecular flexibility index (Phi) is 5.43. The molecule has 1 aromatic heterocycles. The van der Waals surface area contributed by atoms with Gasteiger partial charge in [-0.05, 0) is 57.1 Å². The third-order valence-electron chi connectivity index (χ3n) is 5.94. The lowest BCUT2D eigenvalue weighted by molar-refractivity contribution is -0.126. The summed E-state index contributed by atoms with van der Waals surface area (Å²) in [6.45, 7) is 1.54. The van der Waals surface area contributed by atoms with Crippen LogP contribution in [0.15, 0.2) is 24.3 Å². The summed E-state index contributed by atoms with van der Waals surface area (Å²) >= 11 is 1.81. The van der Waals surface area contributed by atoms with E-state index in [1.807, 2.05) is 17.4 Å². The molecule has 144 valence electrons. The summed E-state index contributed by atoms with van der Waals surface area (Å²) in [5.74, 6) is 0.732. The van der Waals surface area contributed by atoms with Crippen LogP contribution in [0, 0.1) is 5.92 Å². The molecule has 0 saturated heterocycles. The number of hydrogen-bond donors (Lipinski definition) is 2. The number of nitrogens with zero attached hydrogens (tertiary/aromatic N) is 1. The molecule has 5 nitrogen and oxygen atoms in total. The minimum absolute atomic E-state index is 0.00534. The van der Waals surface area contributed by atoms with Gasteiger partial charge in [0.25, 0.3) is 0 Å². The number of aromatic nitrogens is 1.